The molecule has 1 fully saturated rings. The molecule has 0 aromatic carbocycles. The predicted octanol–water partition coefficient (Wildman–Crippen LogP) is 1.82. The van der Waals surface area contributed by atoms with Crippen LogP contribution in [0.1, 0.15) is 29.5 Å². The van der Waals surface area contributed by atoms with Gasteiger partial charge in [-0.25, -0.2) is 15.0 Å². The molecule has 1 saturated heterocycles. The van der Waals surface area contributed by atoms with Crippen LogP contribution in [0.25, 0.3) is 0 Å². The average Bonchev–Trinajstić information content (AvgIpc) is 2.75. The van der Waals surface area contributed by atoms with Gasteiger partial charge in [-0.1, -0.05) is 6.92 Å². The van der Waals surface area contributed by atoms with Crippen LogP contribution in [0.3, 0.4) is 0 Å². The van der Waals surface area contributed by atoms with Crippen LogP contribution in [-0.4, -0.2) is 47.0 Å². The van der Waals surface area contributed by atoms with E-state index in [0.717, 1.165) is 12.6 Å². The molecular formula is C19H21F3N6O3. The Balaban J connectivity index is 1.64. The normalized spacial score (nSPS) is 18.9. The van der Waals surface area contributed by atoms with Gasteiger partial charge in [0, 0.05) is 25.2 Å². The van der Waals surface area contributed by atoms with Gasteiger partial charge in [-0.2, -0.15) is 13.2 Å². The Morgan fingerprint density at radius 2 is 2.10 bits per heavy atom. The van der Waals surface area contributed by atoms with Crippen LogP contribution in [0.2, 0.25) is 0 Å². The first-order chi connectivity index (χ1) is 14.8. The summed E-state index contributed by atoms with van der Waals surface area (Å²) in [5, 5.41) is 0. The number of hydrogen-bond donors (Lipinski definition) is 2. The van der Waals surface area contributed by atoms with E-state index in [4.69, 9.17) is 4.74 Å². The van der Waals surface area contributed by atoms with Gasteiger partial charge in [0.15, 0.2) is 5.69 Å². The quantitative estimate of drug-likeness (QED) is 0.501. The van der Waals surface area contributed by atoms with Gasteiger partial charge in [0.25, 0.3) is 5.91 Å². The van der Waals surface area contributed by atoms with E-state index in [1.807, 2.05) is 17.2 Å². The first kappa shape index (κ1) is 22.2. The van der Waals surface area contributed by atoms with Crippen LogP contribution in [0, 0.1) is 11.8 Å². The minimum atomic E-state index is -4.59. The van der Waals surface area contributed by atoms with Crippen LogP contribution >= 0.6 is 0 Å². The van der Waals surface area contributed by atoms with Crippen LogP contribution in [0.5, 0.6) is 5.75 Å². The fourth-order valence-corrected chi connectivity index (χ4v) is 3.48. The van der Waals surface area contributed by atoms with Crippen molar-refractivity contribution in [2.75, 3.05) is 24.6 Å². The number of anilines is 1. The number of hydrogen-bond acceptors (Lipinski definition) is 7. The van der Waals surface area contributed by atoms with E-state index in [2.05, 4.69) is 20.4 Å². The molecule has 2 N–H and O–H groups in total. The summed E-state index contributed by atoms with van der Waals surface area (Å²) in [5.41, 5.74) is 3.15. The number of hydrazine groups is 1. The molecule has 166 valence electrons. The van der Waals surface area contributed by atoms with E-state index in [-0.39, 0.29) is 29.9 Å². The Morgan fingerprint density at radius 3 is 2.77 bits per heavy atom. The predicted molar refractivity (Wildman–Crippen MR) is 103 cm³/mol. The topological polar surface area (TPSA) is 109 Å². The van der Waals surface area contributed by atoms with Gasteiger partial charge >= 0.3 is 6.18 Å². The van der Waals surface area contributed by atoms with Gasteiger partial charge in [-0.15, -0.1) is 0 Å². The van der Waals surface area contributed by atoms with Gasteiger partial charge in [-0.05, 0) is 24.5 Å². The van der Waals surface area contributed by atoms with Crippen LogP contribution < -0.4 is 20.5 Å². The maximum atomic E-state index is 13.1. The summed E-state index contributed by atoms with van der Waals surface area (Å²) in [6.45, 7) is 3.33. The first-order valence-corrected chi connectivity index (χ1v) is 9.49. The van der Waals surface area contributed by atoms with Crippen LogP contribution in [-0.2, 0) is 11.0 Å². The lowest BCUT2D eigenvalue weighted by molar-refractivity contribution is -0.142. The molecule has 1 aliphatic rings. The summed E-state index contributed by atoms with van der Waals surface area (Å²) in [6.07, 6.45) is 0.316. The second-order valence-corrected chi connectivity index (χ2v) is 7.25. The van der Waals surface area contributed by atoms with E-state index in [1.165, 1.54) is 24.5 Å². The van der Waals surface area contributed by atoms with E-state index in [9.17, 15) is 22.8 Å². The molecule has 2 atom stereocenters. The summed E-state index contributed by atoms with van der Waals surface area (Å²) in [5.74, 6) is -0.152. The Labute approximate surface area is 176 Å². The fraction of sp³-hybridized carbons (Fsp3) is 0.421. The third-order valence-corrected chi connectivity index (χ3v) is 4.70. The molecule has 0 bridgehead atoms. The van der Waals surface area contributed by atoms with Crippen LogP contribution in [0.4, 0.5) is 19.0 Å². The molecular weight excluding hydrogens is 417 g/mol. The minimum absolute atomic E-state index is 0.0271. The number of carbonyl (C=O) groups excluding carboxylic acids is 2. The maximum Gasteiger partial charge on any atom is 0.437 e. The molecule has 0 radical (unpaired) electrons. The van der Waals surface area contributed by atoms with Crippen molar-refractivity contribution in [3.05, 3.63) is 42.1 Å². The molecule has 0 spiro atoms. The van der Waals surface area contributed by atoms with E-state index in [0.29, 0.717) is 25.3 Å². The van der Waals surface area contributed by atoms with Crippen molar-refractivity contribution in [3.63, 3.8) is 0 Å². The SMILES string of the molecule is CC1CC(COc2cccnc2C(F)(F)F)CN(c2cnc(C(=O)NNC=O)cn2)C1. The number of amides is 2. The van der Waals surface area contributed by atoms with E-state index < -0.39 is 17.8 Å². The Bertz CT molecular complexity index is 910. The zero-order valence-corrected chi connectivity index (χ0v) is 16.6. The fourth-order valence-electron chi connectivity index (χ4n) is 3.48. The zero-order chi connectivity index (χ0) is 22.4. The molecule has 9 nitrogen and oxygen atoms in total. The number of rotatable bonds is 7. The number of alkyl halides is 3. The molecule has 31 heavy (non-hydrogen) atoms. The maximum absolute atomic E-state index is 13.1. The molecule has 3 rings (SSSR count). The second-order valence-electron chi connectivity index (χ2n) is 7.25. The molecule has 2 aromatic rings. The number of nitrogens with zero attached hydrogens (tertiary/aromatic N) is 4. The number of nitrogens with one attached hydrogen (secondary N) is 2. The number of ether oxygens (including phenoxy) is 1. The molecule has 2 aromatic heterocycles. The number of carbonyl (C=O) groups is 2. The summed E-state index contributed by atoms with van der Waals surface area (Å²) in [4.78, 5) is 35.7. The zero-order valence-electron chi connectivity index (χ0n) is 16.6. The Hall–Kier alpha value is -3.44. The summed E-state index contributed by atoms with van der Waals surface area (Å²) in [6, 6.07) is 2.66. The van der Waals surface area contributed by atoms with Crippen molar-refractivity contribution < 1.29 is 27.5 Å². The molecule has 12 heteroatoms. The monoisotopic (exact) mass is 438 g/mol. The molecule has 1 aliphatic heterocycles. The smallest absolute Gasteiger partial charge is 0.437 e. The standard InChI is InChI=1S/C19H21F3N6O3/c1-12-5-13(10-31-15-3-2-4-23-17(15)19(20,21)22)9-28(8-12)16-7-24-14(6-25-16)18(30)27-26-11-29/h2-4,6-7,11-13H,5,8-10H2,1H3,(H,26,29)(H,27,30). The van der Waals surface area contributed by atoms with Gasteiger partial charge in [0.1, 0.15) is 17.3 Å². The van der Waals surface area contributed by atoms with Crippen molar-refractivity contribution >= 4 is 18.1 Å². The molecule has 0 aliphatic carbocycles. The van der Waals surface area contributed by atoms with Crippen LogP contribution in [0.15, 0.2) is 30.7 Å². The number of pyridine rings is 1. The van der Waals surface area contributed by atoms with Crippen molar-refractivity contribution in [2.24, 2.45) is 11.8 Å². The van der Waals surface area contributed by atoms with Gasteiger partial charge in [0.05, 0.1) is 19.0 Å². The van der Waals surface area contributed by atoms with E-state index in [1.54, 1.807) is 0 Å². The van der Waals surface area contributed by atoms with Gasteiger partial charge in [0.2, 0.25) is 6.41 Å². The third kappa shape index (κ3) is 5.80. The summed E-state index contributed by atoms with van der Waals surface area (Å²) in [7, 11) is 0. The van der Waals surface area contributed by atoms with Crippen molar-refractivity contribution in [3.8, 4) is 5.75 Å². The lowest BCUT2D eigenvalue weighted by Crippen LogP contribution is -2.42. The lowest BCUT2D eigenvalue weighted by Gasteiger charge is -2.37. The highest BCUT2D eigenvalue weighted by molar-refractivity contribution is 5.92. The van der Waals surface area contributed by atoms with Crippen molar-refractivity contribution in [2.45, 2.75) is 19.5 Å². The highest BCUT2D eigenvalue weighted by Gasteiger charge is 2.36. The Kier molecular flexibility index (Phi) is 6.88. The van der Waals surface area contributed by atoms with Crippen molar-refractivity contribution in [1.82, 2.24) is 25.8 Å². The highest BCUT2D eigenvalue weighted by atomic mass is 19.4. The van der Waals surface area contributed by atoms with Gasteiger partial charge < -0.3 is 9.64 Å². The molecule has 3 heterocycles. The Morgan fingerprint density at radius 1 is 1.29 bits per heavy atom. The highest BCUT2D eigenvalue weighted by Crippen LogP contribution is 2.35. The van der Waals surface area contributed by atoms with Crippen molar-refractivity contribution in [1.29, 1.82) is 0 Å². The molecule has 2 amide bonds. The number of aromatic nitrogens is 3. The summed E-state index contributed by atoms with van der Waals surface area (Å²) < 4.78 is 44.8. The largest absolute Gasteiger partial charge is 0.491 e. The third-order valence-electron chi connectivity index (χ3n) is 4.70. The lowest BCUT2D eigenvalue weighted by atomic mass is 9.91. The number of halogens is 3. The average molecular weight is 438 g/mol. The minimum Gasteiger partial charge on any atom is -0.491 e. The molecule has 2 unspecified atom stereocenters. The number of piperidine rings is 1. The second kappa shape index (κ2) is 9.58. The first-order valence-electron chi connectivity index (χ1n) is 9.49. The summed E-state index contributed by atoms with van der Waals surface area (Å²) >= 11 is 0. The molecule has 0 saturated carbocycles. The van der Waals surface area contributed by atoms with Gasteiger partial charge in [-0.3, -0.25) is 20.4 Å². The van der Waals surface area contributed by atoms with E-state index >= 15 is 0 Å².